The molecule has 0 aliphatic carbocycles. The third-order valence-corrected chi connectivity index (χ3v) is 5.89. The van der Waals surface area contributed by atoms with Crippen molar-refractivity contribution < 1.29 is 8.42 Å². The first kappa shape index (κ1) is 18.1. The Morgan fingerprint density at radius 2 is 1.57 bits per heavy atom. The quantitative estimate of drug-likeness (QED) is 0.737. The number of hydrogen-bond acceptors (Lipinski definition) is 3. The van der Waals surface area contributed by atoms with Crippen molar-refractivity contribution in [3.8, 4) is 0 Å². The molecule has 0 aliphatic rings. The molecular formula is C16H28N2O2S. The SMILES string of the molecule is CCNCc1ccccc1S(=O)(=O)NC(CC)(CC)CC. The Labute approximate surface area is 129 Å². The molecule has 1 aromatic carbocycles. The van der Waals surface area contributed by atoms with Gasteiger partial charge in [0.1, 0.15) is 0 Å². The van der Waals surface area contributed by atoms with Crippen molar-refractivity contribution in [2.24, 2.45) is 0 Å². The van der Waals surface area contributed by atoms with Gasteiger partial charge in [0.25, 0.3) is 0 Å². The number of nitrogens with one attached hydrogen (secondary N) is 2. The summed E-state index contributed by atoms with van der Waals surface area (Å²) in [6.07, 6.45) is 2.36. The summed E-state index contributed by atoms with van der Waals surface area (Å²) in [6, 6.07) is 7.19. The van der Waals surface area contributed by atoms with Crippen LogP contribution in [-0.2, 0) is 16.6 Å². The number of benzene rings is 1. The molecule has 21 heavy (non-hydrogen) atoms. The van der Waals surface area contributed by atoms with Gasteiger partial charge in [-0.3, -0.25) is 0 Å². The Balaban J connectivity index is 3.13. The van der Waals surface area contributed by atoms with Crippen molar-refractivity contribution in [3.05, 3.63) is 29.8 Å². The molecule has 0 aliphatic heterocycles. The van der Waals surface area contributed by atoms with E-state index in [0.717, 1.165) is 31.4 Å². The molecule has 0 heterocycles. The summed E-state index contributed by atoms with van der Waals surface area (Å²) < 4.78 is 28.5. The first-order chi connectivity index (χ1) is 9.94. The van der Waals surface area contributed by atoms with Gasteiger partial charge in [-0.15, -0.1) is 0 Å². The second-order valence-corrected chi connectivity index (χ2v) is 6.99. The van der Waals surface area contributed by atoms with Crippen molar-refractivity contribution in [2.75, 3.05) is 6.54 Å². The fourth-order valence-electron chi connectivity index (χ4n) is 2.48. The number of sulfonamides is 1. The Kier molecular flexibility index (Phi) is 6.84. The van der Waals surface area contributed by atoms with Gasteiger partial charge in [0.15, 0.2) is 0 Å². The second-order valence-electron chi connectivity index (χ2n) is 5.33. The van der Waals surface area contributed by atoms with Crippen LogP contribution in [0, 0.1) is 0 Å². The summed E-state index contributed by atoms with van der Waals surface area (Å²) in [5, 5.41) is 3.19. The van der Waals surface area contributed by atoms with Crippen LogP contribution >= 0.6 is 0 Å². The van der Waals surface area contributed by atoms with E-state index in [2.05, 4.69) is 10.0 Å². The normalized spacial score (nSPS) is 12.6. The van der Waals surface area contributed by atoms with Crippen molar-refractivity contribution in [3.63, 3.8) is 0 Å². The van der Waals surface area contributed by atoms with Crippen LogP contribution in [0.5, 0.6) is 0 Å². The third-order valence-electron chi connectivity index (χ3n) is 4.21. The van der Waals surface area contributed by atoms with Gasteiger partial charge in [-0.2, -0.15) is 0 Å². The van der Waals surface area contributed by atoms with Crippen molar-refractivity contribution in [1.82, 2.24) is 10.0 Å². The van der Waals surface area contributed by atoms with E-state index in [9.17, 15) is 8.42 Å². The Bertz CT molecular complexity index is 529. The van der Waals surface area contributed by atoms with E-state index in [1.165, 1.54) is 0 Å². The van der Waals surface area contributed by atoms with Gasteiger partial charge in [0.05, 0.1) is 4.90 Å². The topological polar surface area (TPSA) is 58.2 Å². The highest BCUT2D eigenvalue weighted by Gasteiger charge is 2.31. The van der Waals surface area contributed by atoms with Crippen molar-refractivity contribution >= 4 is 10.0 Å². The lowest BCUT2D eigenvalue weighted by atomic mass is 9.91. The molecule has 0 amide bonds. The molecule has 0 saturated heterocycles. The van der Waals surface area contributed by atoms with Gasteiger partial charge in [-0.1, -0.05) is 45.9 Å². The molecule has 4 nitrogen and oxygen atoms in total. The molecule has 0 bridgehead atoms. The first-order valence-corrected chi connectivity index (χ1v) is 9.25. The molecule has 120 valence electrons. The lowest BCUT2D eigenvalue weighted by Gasteiger charge is -2.31. The first-order valence-electron chi connectivity index (χ1n) is 7.77. The van der Waals surface area contributed by atoms with E-state index in [1.807, 2.05) is 39.8 Å². The Morgan fingerprint density at radius 3 is 2.10 bits per heavy atom. The molecule has 1 aromatic rings. The summed E-state index contributed by atoms with van der Waals surface area (Å²) in [4.78, 5) is 0.380. The zero-order valence-electron chi connectivity index (χ0n) is 13.6. The maximum atomic E-state index is 12.8. The van der Waals surface area contributed by atoms with Crippen LogP contribution in [0.4, 0.5) is 0 Å². The molecular weight excluding hydrogens is 284 g/mol. The van der Waals surface area contributed by atoms with Gasteiger partial charge >= 0.3 is 0 Å². The predicted octanol–water partition coefficient (Wildman–Crippen LogP) is 3.04. The Hall–Kier alpha value is -0.910. The highest BCUT2D eigenvalue weighted by atomic mass is 32.2. The summed E-state index contributed by atoms with van der Waals surface area (Å²) in [6.45, 7) is 9.46. The molecule has 0 radical (unpaired) electrons. The summed E-state index contributed by atoms with van der Waals surface area (Å²) in [5.74, 6) is 0. The second kappa shape index (κ2) is 7.92. The van der Waals surface area contributed by atoms with Crippen LogP contribution in [0.2, 0.25) is 0 Å². The maximum absolute atomic E-state index is 12.8. The van der Waals surface area contributed by atoms with E-state index in [1.54, 1.807) is 12.1 Å². The largest absolute Gasteiger partial charge is 0.313 e. The molecule has 5 heteroatoms. The highest BCUT2D eigenvalue weighted by Crippen LogP contribution is 2.24. The molecule has 0 spiro atoms. The lowest BCUT2D eigenvalue weighted by molar-refractivity contribution is 0.341. The summed E-state index contributed by atoms with van der Waals surface area (Å²) in [7, 11) is -3.51. The van der Waals surface area contributed by atoms with E-state index in [-0.39, 0.29) is 5.54 Å². The van der Waals surface area contributed by atoms with Gasteiger partial charge in [-0.25, -0.2) is 13.1 Å². The number of rotatable bonds is 9. The van der Waals surface area contributed by atoms with Crippen molar-refractivity contribution in [1.29, 1.82) is 0 Å². The average molecular weight is 312 g/mol. The fourth-order valence-corrected chi connectivity index (χ4v) is 4.33. The Morgan fingerprint density at radius 1 is 1.00 bits per heavy atom. The van der Waals surface area contributed by atoms with Gasteiger partial charge in [0.2, 0.25) is 10.0 Å². The molecule has 0 atom stereocenters. The number of hydrogen-bond donors (Lipinski definition) is 2. The third kappa shape index (κ3) is 4.53. The van der Waals surface area contributed by atoms with E-state index >= 15 is 0 Å². The molecule has 0 fully saturated rings. The van der Waals surface area contributed by atoms with Gasteiger partial charge in [0, 0.05) is 12.1 Å². The van der Waals surface area contributed by atoms with Gasteiger partial charge in [-0.05, 0) is 37.4 Å². The van der Waals surface area contributed by atoms with Crippen molar-refractivity contribution in [2.45, 2.75) is 63.9 Å². The standard InChI is InChI=1S/C16H28N2O2S/c1-5-16(6-2,7-3)18-21(19,20)15-12-10-9-11-14(15)13-17-8-4/h9-12,17-18H,5-8,13H2,1-4H3. The molecule has 2 N–H and O–H groups in total. The van der Waals surface area contributed by atoms with Gasteiger partial charge < -0.3 is 5.32 Å². The zero-order valence-corrected chi connectivity index (χ0v) is 14.4. The summed E-state index contributed by atoms with van der Waals surface area (Å²) >= 11 is 0. The van der Waals surface area contributed by atoms with Crippen LogP contribution in [0.15, 0.2) is 29.2 Å². The smallest absolute Gasteiger partial charge is 0.241 e. The van der Waals surface area contributed by atoms with Crippen LogP contribution in [0.3, 0.4) is 0 Å². The minimum absolute atomic E-state index is 0.357. The fraction of sp³-hybridized carbons (Fsp3) is 0.625. The lowest BCUT2D eigenvalue weighted by Crippen LogP contribution is -2.47. The van der Waals surface area contributed by atoms with E-state index < -0.39 is 10.0 Å². The van der Waals surface area contributed by atoms with Crippen LogP contribution in [-0.4, -0.2) is 20.5 Å². The minimum atomic E-state index is -3.51. The zero-order chi connectivity index (χ0) is 15.9. The van der Waals surface area contributed by atoms with Crippen LogP contribution in [0.25, 0.3) is 0 Å². The van der Waals surface area contributed by atoms with Crippen LogP contribution in [0.1, 0.15) is 52.5 Å². The highest BCUT2D eigenvalue weighted by molar-refractivity contribution is 7.89. The average Bonchev–Trinajstić information content (AvgIpc) is 2.51. The minimum Gasteiger partial charge on any atom is -0.313 e. The summed E-state index contributed by atoms with van der Waals surface area (Å²) in [5.41, 5.74) is 0.452. The van der Waals surface area contributed by atoms with E-state index in [4.69, 9.17) is 0 Å². The van der Waals surface area contributed by atoms with E-state index in [0.29, 0.717) is 11.4 Å². The predicted molar refractivity (Wildman–Crippen MR) is 87.7 cm³/mol. The molecule has 0 saturated carbocycles. The van der Waals surface area contributed by atoms with Crippen LogP contribution < -0.4 is 10.0 Å². The molecule has 0 aromatic heterocycles. The molecule has 1 rings (SSSR count). The molecule has 0 unspecified atom stereocenters. The maximum Gasteiger partial charge on any atom is 0.241 e. The monoisotopic (exact) mass is 312 g/mol.